The number of fused-ring (bicyclic) bond motifs is 1. The second-order valence-electron chi connectivity index (χ2n) is 7.04. The zero-order valence-electron chi connectivity index (χ0n) is 16.7. The van der Waals surface area contributed by atoms with Gasteiger partial charge in [0.15, 0.2) is 6.10 Å². The van der Waals surface area contributed by atoms with Crippen LogP contribution in [0, 0.1) is 0 Å². The highest BCUT2D eigenvalue weighted by atomic mass is 16.5. The first-order valence-electron chi connectivity index (χ1n) is 9.88. The molecule has 152 valence electrons. The van der Waals surface area contributed by atoms with Gasteiger partial charge >= 0.3 is 5.97 Å². The van der Waals surface area contributed by atoms with E-state index in [-0.39, 0.29) is 6.42 Å². The van der Waals surface area contributed by atoms with Crippen molar-refractivity contribution in [1.82, 2.24) is 5.32 Å². The topological polar surface area (TPSA) is 78.8 Å². The molecule has 0 amide bonds. The molecule has 0 bridgehead atoms. The number of aliphatic carboxylic acids is 1. The molecule has 0 aliphatic heterocycles. The first-order chi connectivity index (χ1) is 13.5. The average molecular weight is 386 g/mol. The lowest BCUT2D eigenvalue weighted by Gasteiger charge is -2.26. The summed E-state index contributed by atoms with van der Waals surface area (Å²) in [4.78, 5) is 10.3. The van der Waals surface area contributed by atoms with Crippen LogP contribution in [0.3, 0.4) is 0 Å². The second kappa shape index (κ2) is 11.5. The minimum atomic E-state index is -1.30. The largest absolute Gasteiger partial charge is 0.496 e. The van der Waals surface area contributed by atoms with Crippen LogP contribution >= 0.6 is 0 Å². The van der Waals surface area contributed by atoms with E-state index in [1.165, 1.54) is 24.0 Å². The lowest BCUT2D eigenvalue weighted by atomic mass is 9.87. The molecule has 2 atom stereocenters. The highest BCUT2D eigenvalue weighted by Gasteiger charge is 2.20. The third-order valence-corrected chi connectivity index (χ3v) is 4.90. The molecule has 0 heterocycles. The Balaban J connectivity index is 0.000000209. The molecule has 2 aromatic rings. The molecule has 28 heavy (non-hydrogen) atoms. The first kappa shape index (κ1) is 21.9. The van der Waals surface area contributed by atoms with Crippen LogP contribution in [0.25, 0.3) is 0 Å². The van der Waals surface area contributed by atoms with Crippen LogP contribution in [0.15, 0.2) is 48.5 Å². The number of rotatable bonds is 7. The summed E-state index contributed by atoms with van der Waals surface area (Å²) in [5.41, 5.74) is 3.70. The van der Waals surface area contributed by atoms with Gasteiger partial charge in [-0.25, -0.2) is 4.79 Å². The van der Waals surface area contributed by atoms with E-state index in [9.17, 15) is 4.79 Å². The maximum atomic E-state index is 10.3. The molecule has 1 aliphatic carbocycles. The Morgan fingerprint density at radius 2 is 1.96 bits per heavy atom. The standard InChI is InChI=1S/C14H21NO.C9H10O3/c1-3-9-15-12-7-8-13-11(10-12)5-4-6-14(13)16-2;10-8(9(11)12)6-7-4-2-1-3-5-7/h4-6,12,15H,3,7-10H2,1-2H3;1-5,8,10H,6H2,(H,11,12)/t12-;8-/m01/s1. The summed E-state index contributed by atoms with van der Waals surface area (Å²) in [5, 5.41) is 21.0. The van der Waals surface area contributed by atoms with Gasteiger partial charge in [-0.15, -0.1) is 0 Å². The van der Waals surface area contributed by atoms with Gasteiger partial charge < -0.3 is 20.3 Å². The SMILES string of the molecule is CCCN[C@H]1CCc2c(cccc2OC)C1.O=C(O)[C@H](O)Cc1ccccc1. The van der Waals surface area contributed by atoms with Crippen LogP contribution in [0.1, 0.15) is 36.5 Å². The minimum Gasteiger partial charge on any atom is -0.496 e. The number of nitrogens with one attached hydrogen (secondary N) is 1. The maximum Gasteiger partial charge on any atom is 0.332 e. The molecule has 5 nitrogen and oxygen atoms in total. The van der Waals surface area contributed by atoms with Crippen LogP contribution in [-0.4, -0.2) is 42.0 Å². The number of carboxylic acid groups (broad SMARTS) is 1. The average Bonchev–Trinajstić information content (AvgIpc) is 2.72. The molecule has 0 unspecified atom stereocenters. The van der Waals surface area contributed by atoms with Crippen molar-refractivity contribution in [2.24, 2.45) is 0 Å². The third-order valence-electron chi connectivity index (χ3n) is 4.90. The van der Waals surface area contributed by atoms with Gasteiger partial charge in [-0.2, -0.15) is 0 Å². The van der Waals surface area contributed by atoms with Crippen LogP contribution in [0.4, 0.5) is 0 Å². The van der Waals surface area contributed by atoms with Gasteiger partial charge in [0.05, 0.1) is 7.11 Å². The van der Waals surface area contributed by atoms with Crippen molar-refractivity contribution in [3.05, 3.63) is 65.2 Å². The molecule has 0 saturated carbocycles. The number of benzene rings is 2. The van der Waals surface area contributed by atoms with Crippen molar-refractivity contribution in [3.63, 3.8) is 0 Å². The van der Waals surface area contributed by atoms with Gasteiger partial charge in [0.25, 0.3) is 0 Å². The zero-order valence-corrected chi connectivity index (χ0v) is 16.7. The highest BCUT2D eigenvalue weighted by Crippen LogP contribution is 2.29. The fraction of sp³-hybridized carbons (Fsp3) is 0.435. The highest BCUT2D eigenvalue weighted by molar-refractivity contribution is 5.72. The van der Waals surface area contributed by atoms with Gasteiger partial charge in [-0.1, -0.05) is 49.4 Å². The van der Waals surface area contributed by atoms with Gasteiger partial charge in [0.1, 0.15) is 5.75 Å². The molecule has 0 spiro atoms. The van der Waals surface area contributed by atoms with Crippen molar-refractivity contribution >= 4 is 5.97 Å². The Labute approximate surface area is 167 Å². The number of ether oxygens (including phenoxy) is 1. The van der Waals surface area contributed by atoms with Crippen LogP contribution in [0.2, 0.25) is 0 Å². The van der Waals surface area contributed by atoms with E-state index >= 15 is 0 Å². The van der Waals surface area contributed by atoms with Crippen molar-refractivity contribution < 1.29 is 19.7 Å². The van der Waals surface area contributed by atoms with E-state index in [4.69, 9.17) is 14.9 Å². The monoisotopic (exact) mass is 385 g/mol. The number of carboxylic acids is 1. The molecule has 1 aliphatic rings. The number of carbonyl (C=O) groups is 1. The predicted molar refractivity (Wildman–Crippen MR) is 111 cm³/mol. The Kier molecular flexibility index (Phi) is 8.98. The smallest absolute Gasteiger partial charge is 0.332 e. The van der Waals surface area contributed by atoms with Gasteiger partial charge in [0.2, 0.25) is 0 Å². The lowest BCUT2D eigenvalue weighted by molar-refractivity contribution is -0.146. The van der Waals surface area contributed by atoms with E-state index < -0.39 is 12.1 Å². The second-order valence-corrected chi connectivity index (χ2v) is 7.04. The number of aliphatic hydroxyl groups excluding tert-OH is 1. The minimum absolute atomic E-state index is 0.163. The fourth-order valence-electron chi connectivity index (χ4n) is 3.41. The van der Waals surface area contributed by atoms with Crippen LogP contribution in [0.5, 0.6) is 5.75 Å². The van der Waals surface area contributed by atoms with Crippen LogP contribution in [-0.2, 0) is 24.1 Å². The summed E-state index contributed by atoms with van der Waals surface area (Å²) < 4.78 is 5.41. The number of hydrogen-bond acceptors (Lipinski definition) is 4. The van der Waals surface area contributed by atoms with E-state index in [0.29, 0.717) is 6.04 Å². The van der Waals surface area contributed by atoms with Crippen molar-refractivity contribution in [2.45, 2.75) is 51.2 Å². The molecule has 0 saturated heterocycles. The Hall–Kier alpha value is -2.37. The molecule has 3 N–H and O–H groups in total. The molecule has 2 aromatic carbocycles. The Morgan fingerprint density at radius 3 is 2.61 bits per heavy atom. The summed E-state index contributed by atoms with van der Waals surface area (Å²) in [6, 6.07) is 16.1. The third kappa shape index (κ3) is 6.66. The molecular weight excluding hydrogens is 354 g/mol. The summed E-state index contributed by atoms with van der Waals surface area (Å²) in [6.45, 7) is 3.34. The van der Waals surface area contributed by atoms with Crippen LogP contribution < -0.4 is 10.1 Å². The van der Waals surface area contributed by atoms with E-state index in [1.807, 2.05) is 18.2 Å². The van der Waals surface area contributed by atoms with E-state index in [1.54, 1.807) is 19.2 Å². The zero-order chi connectivity index (χ0) is 20.4. The fourth-order valence-corrected chi connectivity index (χ4v) is 3.41. The molecule has 5 heteroatoms. The molecule has 3 rings (SSSR count). The lowest BCUT2D eigenvalue weighted by Crippen LogP contribution is -2.35. The molecule has 0 radical (unpaired) electrons. The summed E-state index contributed by atoms with van der Waals surface area (Å²) >= 11 is 0. The Bertz CT molecular complexity index is 733. The number of aliphatic hydroxyl groups is 1. The molecule has 0 aromatic heterocycles. The van der Waals surface area contributed by atoms with E-state index in [0.717, 1.165) is 30.7 Å². The first-order valence-corrected chi connectivity index (χ1v) is 9.88. The van der Waals surface area contributed by atoms with Crippen molar-refractivity contribution in [2.75, 3.05) is 13.7 Å². The number of hydrogen-bond donors (Lipinski definition) is 3. The molecular formula is C23H31NO4. The van der Waals surface area contributed by atoms with Gasteiger partial charge in [-0.3, -0.25) is 0 Å². The van der Waals surface area contributed by atoms with Crippen molar-refractivity contribution in [1.29, 1.82) is 0 Å². The summed E-state index contributed by atoms with van der Waals surface area (Å²) in [6.07, 6.45) is 3.59. The normalized spacial score (nSPS) is 16.3. The van der Waals surface area contributed by atoms with E-state index in [2.05, 4.69) is 30.4 Å². The predicted octanol–water partition coefficient (Wildman–Crippen LogP) is 3.23. The Morgan fingerprint density at radius 1 is 1.21 bits per heavy atom. The van der Waals surface area contributed by atoms with Gasteiger partial charge in [-0.05, 0) is 55.0 Å². The summed E-state index contributed by atoms with van der Waals surface area (Å²) in [5.74, 6) is -0.120. The molecule has 0 fully saturated rings. The van der Waals surface area contributed by atoms with Crippen molar-refractivity contribution in [3.8, 4) is 5.75 Å². The van der Waals surface area contributed by atoms with Gasteiger partial charge in [0, 0.05) is 12.5 Å². The quantitative estimate of drug-likeness (QED) is 0.682. The summed E-state index contributed by atoms with van der Waals surface area (Å²) in [7, 11) is 1.76. The maximum absolute atomic E-state index is 10.3. The number of methoxy groups -OCH3 is 1.